The van der Waals surface area contributed by atoms with Gasteiger partial charge in [0.05, 0.1) is 16.8 Å². The number of ether oxygens (including phenoxy) is 1. The number of amides is 1. The van der Waals surface area contributed by atoms with Gasteiger partial charge in [0, 0.05) is 36.9 Å². The molecule has 2 aromatic rings. The number of hydrogen-bond acceptors (Lipinski definition) is 6. The first-order valence-corrected chi connectivity index (χ1v) is 12.2. The van der Waals surface area contributed by atoms with Crippen LogP contribution in [0.3, 0.4) is 0 Å². The van der Waals surface area contributed by atoms with Crippen molar-refractivity contribution in [2.75, 3.05) is 18.0 Å². The first-order chi connectivity index (χ1) is 17.0. The largest absolute Gasteiger partial charge is 0.479 e. The van der Waals surface area contributed by atoms with Gasteiger partial charge in [-0.1, -0.05) is 6.92 Å². The predicted octanol–water partition coefficient (Wildman–Crippen LogP) is 3.72. The Balaban J connectivity index is 1.92. The summed E-state index contributed by atoms with van der Waals surface area (Å²) in [6.45, 7) is 6.32. The molecule has 1 unspecified atom stereocenters. The highest BCUT2D eigenvalue weighted by Crippen LogP contribution is 2.43. The Morgan fingerprint density at radius 3 is 2.50 bits per heavy atom. The lowest BCUT2D eigenvalue weighted by atomic mass is 9.99. The highest BCUT2D eigenvalue weighted by Gasteiger charge is 2.37. The molecule has 0 spiro atoms. The lowest BCUT2D eigenvalue weighted by Gasteiger charge is -2.28. The van der Waals surface area contributed by atoms with E-state index in [-0.39, 0.29) is 40.9 Å². The van der Waals surface area contributed by atoms with Gasteiger partial charge in [0.1, 0.15) is 11.6 Å². The molecule has 1 aromatic heterocycles. The summed E-state index contributed by atoms with van der Waals surface area (Å²) in [6.07, 6.45) is 2.93. The van der Waals surface area contributed by atoms with Crippen molar-refractivity contribution in [1.29, 1.82) is 0 Å². The number of pyridine rings is 1. The zero-order valence-electron chi connectivity index (χ0n) is 20.7. The second-order valence-corrected chi connectivity index (χ2v) is 10.1. The maximum Gasteiger partial charge on any atom is 0.344 e. The number of nitrogens with one attached hydrogen (secondary N) is 1. The Labute approximate surface area is 208 Å². The van der Waals surface area contributed by atoms with Crippen LogP contribution < -0.4 is 20.7 Å². The molecule has 1 saturated carbocycles. The number of benzene rings is 1. The number of rotatable bonds is 9. The van der Waals surface area contributed by atoms with Crippen molar-refractivity contribution in [1.82, 2.24) is 10.3 Å². The normalized spacial score (nSPS) is 21.2. The van der Waals surface area contributed by atoms with Crippen LogP contribution in [0.1, 0.15) is 56.8 Å². The third-order valence-corrected chi connectivity index (χ3v) is 6.82. The molecule has 0 radical (unpaired) electrons. The number of nitrogens with two attached hydrogens (primary N) is 1. The van der Waals surface area contributed by atoms with Gasteiger partial charge >= 0.3 is 5.97 Å². The van der Waals surface area contributed by atoms with Crippen LogP contribution in [0, 0.1) is 17.6 Å². The maximum atomic E-state index is 14.4. The summed E-state index contributed by atoms with van der Waals surface area (Å²) in [5.74, 6) is -2.94. The molecule has 3 atom stereocenters. The first-order valence-electron chi connectivity index (χ1n) is 12.2. The van der Waals surface area contributed by atoms with Crippen molar-refractivity contribution in [2.45, 2.75) is 64.1 Å². The molecule has 2 heterocycles. The smallest absolute Gasteiger partial charge is 0.344 e. The van der Waals surface area contributed by atoms with E-state index in [4.69, 9.17) is 10.5 Å². The summed E-state index contributed by atoms with van der Waals surface area (Å²) in [7, 11) is 0. The van der Waals surface area contributed by atoms with E-state index in [0.717, 1.165) is 31.0 Å². The van der Waals surface area contributed by atoms with Gasteiger partial charge in [-0.2, -0.15) is 0 Å². The Hall–Kier alpha value is -3.27. The van der Waals surface area contributed by atoms with Gasteiger partial charge in [-0.05, 0) is 63.1 Å². The number of carboxylic acids is 1. The summed E-state index contributed by atoms with van der Waals surface area (Å²) >= 11 is 0. The number of nitrogens with zero attached hydrogens (tertiary/aromatic N) is 2. The number of aromatic nitrogens is 1. The molecule has 2 fully saturated rings. The zero-order chi connectivity index (χ0) is 26.2. The third kappa shape index (κ3) is 5.59. The molecule has 10 heteroatoms. The summed E-state index contributed by atoms with van der Waals surface area (Å²) in [5.41, 5.74) is 6.63. The minimum Gasteiger partial charge on any atom is -0.479 e. The van der Waals surface area contributed by atoms with Gasteiger partial charge in [0.25, 0.3) is 5.91 Å². The number of carboxylic acid groups (broad SMARTS) is 1. The SMILES string of the molecule is CCC(Oc1ncc(C(=O)N[C@@H](C)C2CC2)c(N2CC[C@](C)(N)C2)c1-c1cc(F)cc(F)c1)C(=O)O. The molecule has 1 aromatic carbocycles. The van der Waals surface area contributed by atoms with Crippen LogP contribution in [0.4, 0.5) is 14.5 Å². The van der Waals surface area contributed by atoms with Crippen LogP contribution in [0.5, 0.6) is 5.88 Å². The van der Waals surface area contributed by atoms with Crippen molar-refractivity contribution in [3.05, 3.63) is 41.6 Å². The molecule has 4 N–H and O–H groups in total. The van der Waals surface area contributed by atoms with E-state index < -0.39 is 29.2 Å². The number of anilines is 1. The fourth-order valence-electron chi connectivity index (χ4n) is 4.64. The molecule has 1 amide bonds. The van der Waals surface area contributed by atoms with Gasteiger partial charge in [-0.3, -0.25) is 4.79 Å². The maximum absolute atomic E-state index is 14.4. The lowest BCUT2D eigenvalue weighted by molar-refractivity contribution is -0.145. The average Bonchev–Trinajstić information content (AvgIpc) is 3.58. The number of aliphatic carboxylic acids is 1. The lowest BCUT2D eigenvalue weighted by Crippen LogP contribution is -2.40. The molecule has 4 rings (SSSR count). The van der Waals surface area contributed by atoms with Crippen LogP contribution >= 0.6 is 0 Å². The second-order valence-electron chi connectivity index (χ2n) is 10.1. The molecular formula is C26H32F2N4O4. The molecule has 2 aliphatic rings. The van der Waals surface area contributed by atoms with Gasteiger partial charge in [-0.25, -0.2) is 18.6 Å². The van der Waals surface area contributed by atoms with E-state index >= 15 is 0 Å². The van der Waals surface area contributed by atoms with Crippen LogP contribution in [0.25, 0.3) is 11.1 Å². The fraction of sp³-hybridized carbons (Fsp3) is 0.500. The summed E-state index contributed by atoms with van der Waals surface area (Å²) in [5, 5.41) is 12.6. The highest BCUT2D eigenvalue weighted by atomic mass is 19.1. The molecule has 36 heavy (non-hydrogen) atoms. The fourth-order valence-corrected chi connectivity index (χ4v) is 4.64. The minimum atomic E-state index is -1.24. The number of hydrogen-bond donors (Lipinski definition) is 3. The Morgan fingerprint density at radius 1 is 1.31 bits per heavy atom. The van der Waals surface area contributed by atoms with Gasteiger partial charge in [0.15, 0.2) is 6.10 Å². The van der Waals surface area contributed by atoms with E-state index in [0.29, 0.717) is 31.1 Å². The van der Waals surface area contributed by atoms with E-state index in [1.54, 1.807) is 6.92 Å². The molecule has 1 aliphatic heterocycles. The van der Waals surface area contributed by atoms with Crippen LogP contribution in [-0.2, 0) is 4.79 Å². The van der Waals surface area contributed by atoms with Crippen LogP contribution in [0.15, 0.2) is 24.4 Å². The van der Waals surface area contributed by atoms with Crippen LogP contribution in [0.2, 0.25) is 0 Å². The molecule has 1 saturated heterocycles. The van der Waals surface area contributed by atoms with E-state index in [1.807, 2.05) is 18.7 Å². The first kappa shape index (κ1) is 25.8. The quantitative estimate of drug-likeness (QED) is 0.478. The monoisotopic (exact) mass is 502 g/mol. The van der Waals surface area contributed by atoms with Crippen molar-refractivity contribution in [3.63, 3.8) is 0 Å². The average molecular weight is 503 g/mol. The molecule has 1 aliphatic carbocycles. The summed E-state index contributed by atoms with van der Waals surface area (Å²) in [6, 6.07) is 2.92. The van der Waals surface area contributed by atoms with E-state index in [2.05, 4.69) is 10.3 Å². The molecular weight excluding hydrogens is 470 g/mol. The predicted molar refractivity (Wildman–Crippen MR) is 131 cm³/mol. The van der Waals surface area contributed by atoms with Gasteiger partial charge < -0.3 is 25.8 Å². The van der Waals surface area contributed by atoms with Crippen molar-refractivity contribution >= 4 is 17.6 Å². The third-order valence-electron chi connectivity index (χ3n) is 6.82. The van der Waals surface area contributed by atoms with Gasteiger partial charge in [0.2, 0.25) is 5.88 Å². The topological polar surface area (TPSA) is 118 Å². The number of carbonyl (C=O) groups is 2. The highest BCUT2D eigenvalue weighted by molar-refractivity contribution is 6.04. The molecule has 194 valence electrons. The Morgan fingerprint density at radius 2 is 1.97 bits per heavy atom. The van der Waals surface area contributed by atoms with Crippen LogP contribution in [-0.4, -0.2) is 52.7 Å². The second kappa shape index (κ2) is 10.0. The Bertz CT molecular complexity index is 1150. The molecule has 0 bridgehead atoms. The zero-order valence-corrected chi connectivity index (χ0v) is 20.7. The van der Waals surface area contributed by atoms with E-state index in [1.165, 1.54) is 6.20 Å². The number of carbonyl (C=O) groups excluding carboxylic acids is 1. The van der Waals surface area contributed by atoms with Crippen molar-refractivity contribution in [2.24, 2.45) is 11.7 Å². The standard InChI is InChI=1S/C26H32F2N4O4/c1-4-20(25(34)35)36-24-21(16-9-17(27)11-18(28)10-16)22(32-8-7-26(3,29)13-32)19(12-30-24)23(33)31-14(2)15-5-6-15/h9-12,14-15,20H,4-8,13,29H2,1-3H3,(H,31,33)(H,34,35)/t14-,20?,26-/m0/s1. The summed E-state index contributed by atoms with van der Waals surface area (Å²) < 4.78 is 34.5. The summed E-state index contributed by atoms with van der Waals surface area (Å²) in [4.78, 5) is 31.3. The van der Waals surface area contributed by atoms with E-state index in [9.17, 15) is 23.5 Å². The Kier molecular flexibility index (Phi) is 7.17. The van der Waals surface area contributed by atoms with Gasteiger partial charge in [-0.15, -0.1) is 0 Å². The van der Waals surface area contributed by atoms with Crippen molar-refractivity contribution < 1.29 is 28.2 Å². The molecule has 8 nitrogen and oxygen atoms in total. The van der Waals surface area contributed by atoms with Crippen molar-refractivity contribution in [3.8, 4) is 17.0 Å². The minimum absolute atomic E-state index is 0.0498. The number of halogens is 2.